The molecule has 2 amide bonds. The Balaban J connectivity index is 1.50. The molecule has 3 unspecified atom stereocenters. The topological polar surface area (TPSA) is 58.6 Å². The van der Waals surface area contributed by atoms with E-state index in [1.54, 1.807) is 30.3 Å². The molecule has 2 saturated heterocycles. The lowest BCUT2D eigenvalue weighted by Crippen LogP contribution is -2.56. The van der Waals surface area contributed by atoms with Crippen molar-refractivity contribution in [3.8, 4) is 0 Å². The molecule has 0 spiro atoms. The Morgan fingerprint density at radius 3 is 2.12 bits per heavy atom. The van der Waals surface area contributed by atoms with E-state index in [0.717, 1.165) is 0 Å². The quantitative estimate of drug-likeness (QED) is 0.310. The van der Waals surface area contributed by atoms with Crippen LogP contribution >= 0.6 is 0 Å². The Morgan fingerprint density at radius 1 is 0.930 bits per heavy atom. The van der Waals surface area contributed by atoms with Crippen LogP contribution in [0.4, 0.5) is 30.7 Å². The lowest BCUT2D eigenvalue weighted by atomic mass is 9.82. The van der Waals surface area contributed by atoms with Crippen LogP contribution in [-0.2, 0) is 21.9 Å². The number of nitrogens with one attached hydrogen (secondary N) is 1. The number of rotatable bonds is 6. The molecule has 2 aliphatic rings. The van der Waals surface area contributed by atoms with Crippen molar-refractivity contribution in [1.82, 2.24) is 10.2 Å². The minimum atomic E-state index is -5.03. The van der Waals surface area contributed by atoms with Gasteiger partial charge in [0.15, 0.2) is 0 Å². The zero-order chi connectivity index (χ0) is 31.1. The van der Waals surface area contributed by atoms with Crippen LogP contribution < -0.4 is 5.32 Å². The molecule has 43 heavy (non-hydrogen) atoms. The molecule has 5 rings (SSSR count). The smallest absolute Gasteiger partial charge is 0.368 e. The van der Waals surface area contributed by atoms with Crippen LogP contribution in [0.3, 0.4) is 0 Å². The van der Waals surface area contributed by atoms with E-state index in [1.807, 2.05) is 0 Å². The first kappa shape index (κ1) is 30.5. The fraction of sp³-hybridized carbons (Fsp3) is 0.355. The molecule has 0 bridgehead atoms. The highest BCUT2D eigenvalue weighted by molar-refractivity contribution is 5.94. The lowest BCUT2D eigenvalue weighted by molar-refractivity contribution is -0.143. The predicted octanol–water partition coefficient (Wildman–Crippen LogP) is 6.90. The van der Waals surface area contributed by atoms with Gasteiger partial charge >= 0.3 is 12.4 Å². The zero-order valence-corrected chi connectivity index (χ0v) is 22.8. The summed E-state index contributed by atoms with van der Waals surface area (Å²) in [5.74, 6) is -1.82. The average Bonchev–Trinajstić information content (AvgIpc) is 3.34. The standard InChI is InChI=1S/C31H27F7N2O3/c1-17(20-13-21(30(33,34)35)15-22(14-20)31(36,37)38)43-25-16-40-26(41)12-11-24(39-29(42)19-5-3-2-4-6-19)28(40)27(25)18-7-9-23(32)10-8-18/h2-10,13-15,17,24-25,27-28H,11-12,16H2,1H3,(H,39,42)/t17-,24?,25+,27?,28?/m1/s1. The largest absolute Gasteiger partial charge is 0.416 e. The van der Waals surface area contributed by atoms with Crippen molar-refractivity contribution >= 4 is 11.8 Å². The summed E-state index contributed by atoms with van der Waals surface area (Å²) in [5.41, 5.74) is -2.34. The van der Waals surface area contributed by atoms with Crippen molar-refractivity contribution in [2.75, 3.05) is 6.54 Å². The summed E-state index contributed by atoms with van der Waals surface area (Å²) in [4.78, 5) is 27.7. The van der Waals surface area contributed by atoms with Gasteiger partial charge in [-0.3, -0.25) is 9.59 Å². The minimum Gasteiger partial charge on any atom is -0.368 e. The monoisotopic (exact) mass is 608 g/mol. The number of benzene rings is 3. The fourth-order valence-corrected chi connectivity index (χ4v) is 5.95. The van der Waals surface area contributed by atoms with Gasteiger partial charge in [-0.2, -0.15) is 26.3 Å². The van der Waals surface area contributed by atoms with E-state index < -0.39 is 59.5 Å². The molecule has 3 aromatic carbocycles. The van der Waals surface area contributed by atoms with Gasteiger partial charge in [0.25, 0.3) is 5.91 Å². The van der Waals surface area contributed by atoms with E-state index in [1.165, 1.54) is 36.1 Å². The number of amides is 2. The summed E-state index contributed by atoms with van der Waals surface area (Å²) in [5, 5.41) is 2.98. The van der Waals surface area contributed by atoms with Crippen LogP contribution in [0.5, 0.6) is 0 Å². The first-order valence-electron chi connectivity index (χ1n) is 13.6. The first-order valence-corrected chi connectivity index (χ1v) is 13.6. The van der Waals surface area contributed by atoms with Gasteiger partial charge in [-0.05, 0) is 66.9 Å². The van der Waals surface area contributed by atoms with Crippen molar-refractivity contribution in [2.24, 2.45) is 0 Å². The van der Waals surface area contributed by atoms with Crippen LogP contribution in [0, 0.1) is 5.82 Å². The first-order chi connectivity index (χ1) is 20.2. The number of alkyl halides is 6. The summed E-state index contributed by atoms with van der Waals surface area (Å²) in [7, 11) is 0. The van der Waals surface area contributed by atoms with Gasteiger partial charge in [0, 0.05) is 24.4 Å². The van der Waals surface area contributed by atoms with Gasteiger partial charge in [0.2, 0.25) is 5.91 Å². The van der Waals surface area contributed by atoms with Crippen LogP contribution in [0.1, 0.15) is 64.4 Å². The normalized spacial score (nSPS) is 23.2. The Hall–Kier alpha value is -3.93. The van der Waals surface area contributed by atoms with Crippen LogP contribution in [-0.4, -0.2) is 41.4 Å². The summed E-state index contributed by atoms with van der Waals surface area (Å²) < 4.78 is 101. The minimum absolute atomic E-state index is 0.0291. The average molecular weight is 609 g/mol. The van der Waals surface area contributed by atoms with E-state index in [9.17, 15) is 40.3 Å². The maximum absolute atomic E-state index is 13.9. The summed E-state index contributed by atoms with van der Waals surface area (Å²) in [6, 6.07) is 13.9. The van der Waals surface area contributed by atoms with E-state index in [-0.39, 0.29) is 36.4 Å². The Morgan fingerprint density at radius 2 is 1.53 bits per heavy atom. The van der Waals surface area contributed by atoms with Gasteiger partial charge in [-0.1, -0.05) is 30.3 Å². The van der Waals surface area contributed by atoms with Crippen molar-refractivity contribution in [3.63, 3.8) is 0 Å². The number of fused-ring (bicyclic) bond motifs is 1. The SMILES string of the molecule is C[C@@H](O[C@H]1CN2C(=O)CCC(NC(=O)c3ccccc3)C2C1c1ccc(F)cc1)c1cc(C(F)(F)F)cc(C(F)(F)F)c1. The predicted molar refractivity (Wildman–Crippen MR) is 141 cm³/mol. The van der Waals surface area contributed by atoms with Crippen molar-refractivity contribution in [2.45, 2.75) is 62.3 Å². The second-order valence-electron chi connectivity index (χ2n) is 10.8. The number of hydrogen-bond donors (Lipinski definition) is 1. The van der Waals surface area contributed by atoms with Gasteiger partial charge < -0.3 is 15.0 Å². The van der Waals surface area contributed by atoms with Crippen LogP contribution in [0.25, 0.3) is 0 Å². The number of piperidine rings is 1. The third kappa shape index (κ3) is 6.53. The Bertz CT molecular complexity index is 1440. The van der Waals surface area contributed by atoms with Crippen LogP contribution in [0.15, 0.2) is 72.8 Å². The second-order valence-corrected chi connectivity index (χ2v) is 10.8. The molecule has 5 nitrogen and oxygen atoms in total. The molecule has 3 aromatic rings. The lowest BCUT2D eigenvalue weighted by Gasteiger charge is -2.39. The fourth-order valence-electron chi connectivity index (χ4n) is 5.95. The van der Waals surface area contributed by atoms with Crippen molar-refractivity contribution < 1.29 is 45.1 Å². The molecule has 5 atom stereocenters. The van der Waals surface area contributed by atoms with Gasteiger partial charge in [0.05, 0.1) is 35.4 Å². The van der Waals surface area contributed by atoms with E-state index >= 15 is 0 Å². The summed E-state index contributed by atoms with van der Waals surface area (Å²) in [6.45, 7) is 1.31. The number of carbonyl (C=O) groups is 2. The molecule has 0 aromatic heterocycles. The third-order valence-electron chi connectivity index (χ3n) is 7.97. The molecular formula is C31H27F7N2O3. The molecule has 0 aliphatic carbocycles. The molecule has 0 saturated carbocycles. The molecule has 2 aliphatic heterocycles. The summed E-state index contributed by atoms with van der Waals surface area (Å²) >= 11 is 0. The Labute approximate surface area is 242 Å². The van der Waals surface area contributed by atoms with Gasteiger partial charge in [-0.15, -0.1) is 0 Å². The molecule has 228 valence electrons. The molecule has 2 fully saturated rings. The van der Waals surface area contributed by atoms with E-state index in [4.69, 9.17) is 4.74 Å². The number of nitrogens with zero attached hydrogens (tertiary/aromatic N) is 1. The highest BCUT2D eigenvalue weighted by Crippen LogP contribution is 2.44. The van der Waals surface area contributed by atoms with Gasteiger partial charge in [0.1, 0.15) is 5.82 Å². The maximum Gasteiger partial charge on any atom is 0.416 e. The highest BCUT2D eigenvalue weighted by atomic mass is 19.4. The number of halogens is 7. The second kappa shape index (κ2) is 11.6. The number of hydrogen-bond acceptors (Lipinski definition) is 3. The molecule has 1 N–H and O–H groups in total. The van der Waals surface area contributed by atoms with Crippen LogP contribution in [0.2, 0.25) is 0 Å². The van der Waals surface area contributed by atoms with Crippen molar-refractivity contribution in [3.05, 3.63) is 106 Å². The highest BCUT2D eigenvalue weighted by Gasteiger charge is 2.52. The molecule has 0 radical (unpaired) electrons. The summed E-state index contributed by atoms with van der Waals surface area (Å²) in [6.07, 6.45) is -11.8. The molecule has 2 heterocycles. The van der Waals surface area contributed by atoms with E-state index in [2.05, 4.69) is 5.32 Å². The van der Waals surface area contributed by atoms with E-state index in [0.29, 0.717) is 29.7 Å². The number of carbonyl (C=O) groups excluding carboxylic acids is 2. The van der Waals surface area contributed by atoms with Gasteiger partial charge in [-0.25, -0.2) is 4.39 Å². The Kier molecular flexibility index (Phi) is 8.26. The third-order valence-corrected chi connectivity index (χ3v) is 7.97. The molecule has 12 heteroatoms. The zero-order valence-electron chi connectivity index (χ0n) is 22.8. The van der Waals surface area contributed by atoms with Crippen molar-refractivity contribution in [1.29, 1.82) is 0 Å². The molecular weight excluding hydrogens is 581 g/mol. The number of ether oxygens (including phenoxy) is 1. The maximum atomic E-state index is 13.9.